The number of aromatic nitrogens is 1. The average Bonchev–Trinajstić information content (AvgIpc) is 2.78. The summed E-state index contributed by atoms with van der Waals surface area (Å²) >= 11 is 0. The molecule has 0 atom stereocenters. The number of fused-ring (bicyclic) bond motifs is 1. The van der Waals surface area contributed by atoms with Crippen LogP contribution in [0.5, 0.6) is 0 Å². The van der Waals surface area contributed by atoms with Crippen LogP contribution in [0.1, 0.15) is 61.0 Å². The fourth-order valence-electron chi connectivity index (χ4n) is 4.00. The summed E-state index contributed by atoms with van der Waals surface area (Å²) in [5.74, 6) is 0.511. The predicted octanol–water partition coefficient (Wildman–Crippen LogP) is 7.40. The third kappa shape index (κ3) is 4.22. The smallest absolute Gasteiger partial charge is 0.256 e. The number of amides is 1. The third-order valence-corrected chi connectivity index (χ3v) is 5.64. The zero-order valence-corrected chi connectivity index (χ0v) is 18.5. The van der Waals surface area contributed by atoms with Crippen molar-refractivity contribution in [1.82, 2.24) is 4.98 Å². The van der Waals surface area contributed by atoms with E-state index in [1.54, 1.807) is 0 Å². The minimum Gasteiger partial charge on any atom is -0.321 e. The van der Waals surface area contributed by atoms with Gasteiger partial charge in [0, 0.05) is 16.6 Å². The molecule has 1 aromatic heterocycles. The van der Waals surface area contributed by atoms with Gasteiger partial charge in [-0.15, -0.1) is 0 Å². The molecule has 1 amide bonds. The lowest BCUT2D eigenvalue weighted by molar-refractivity contribution is 0.102. The Balaban J connectivity index is 1.84. The monoisotopic (exact) mass is 408 g/mol. The zero-order chi connectivity index (χ0) is 22.0. The topological polar surface area (TPSA) is 42.0 Å². The van der Waals surface area contributed by atoms with Gasteiger partial charge in [0.05, 0.1) is 16.8 Å². The molecular formula is C28H28N2O. The Morgan fingerprint density at radius 2 is 1.39 bits per heavy atom. The predicted molar refractivity (Wildman–Crippen MR) is 130 cm³/mol. The molecule has 0 aliphatic rings. The van der Waals surface area contributed by atoms with Gasteiger partial charge in [0.1, 0.15) is 0 Å². The maximum atomic E-state index is 13.6. The highest BCUT2D eigenvalue weighted by atomic mass is 16.1. The molecule has 3 heteroatoms. The van der Waals surface area contributed by atoms with Crippen molar-refractivity contribution in [3.8, 4) is 11.3 Å². The molecule has 3 nitrogen and oxygen atoms in total. The van der Waals surface area contributed by atoms with Crippen LogP contribution in [-0.2, 0) is 0 Å². The van der Waals surface area contributed by atoms with Gasteiger partial charge < -0.3 is 5.32 Å². The van der Waals surface area contributed by atoms with Crippen molar-refractivity contribution >= 4 is 22.5 Å². The van der Waals surface area contributed by atoms with Gasteiger partial charge in [-0.25, -0.2) is 4.98 Å². The first kappa shape index (κ1) is 20.8. The Hall–Kier alpha value is -3.46. The van der Waals surface area contributed by atoms with Crippen LogP contribution < -0.4 is 5.32 Å². The Morgan fingerprint density at radius 1 is 0.774 bits per heavy atom. The first-order valence-electron chi connectivity index (χ1n) is 10.8. The van der Waals surface area contributed by atoms with E-state index in [2.05, 4.69) is 51.2 Å². The van der Waals surface area contributed by atoms with Gasteiger partial charge in [-0.05, 0) is 35.1 Å². The number of benzene rings is 3. The molecule has 156 valence electrons. The standard InChI is InChI=1S/C28H28N2O/c1-18(2)21-14-10-15-22(19(3)4)27(21)30-28(31)24-17-26(20-11-6-5-7-12-20)29-25-16-9-8-13-23(24)25/h5-19H,1-4H3,(H,30,31). The van der Waals surface area contributed by atoms with Gasteiger partial charge in [0.15, 0.2) is 0 Å². The summed E-state index contributed by atoms with van der Waals surface area (Å²) in [6.07, 6.45) is 0. The van der Waals surface area contributed by atoms with Crippen LogP contribution in [0.3, 0.4) is 0 Å². The van der Waals surface area contributed by atoms with Crippen LogP contribution in [-0.4, -0.2) is 10.9 Å². The van der Waals surface area contributed by atoms with E-state index < -0.39 is 0 Å². The minimum atomic E-state index is -0.106. The molecule has 4 aromatic rings. The van der Waals surface area contributed by atoms with Gasteiger partial charge in [-0.2, -0.15) is 0 Å². The number of anilines is 1. The lowest BCUT2D eigenvalue weighted by Crippen LogP contribution is -2.16. The van der Waals surface area contributed by atoms with Crippen LogP contribution in [0.25, 0.3) is 22.2 Å². The SMILES string of the molecule is CC(C)c1cccc(C(C)C)c1NC(=O)c1cc(-c2ccccc2)nc2ccccc12. The summed E-state index contributed by atoms with van der Waals surface area (Å²) in [7, 11) is 0. The Labute approximate surface area is 184 Å². The van der Waals surface area contributed by atoms with E-state index in [4.69, 9.17) is 4.98 Å². The molecule has 0 spiro atoms. The van der Waals surface area contributed by atoms with Crippen LogP contribution in [0, 0.1) is 0 Å². The summed E-state index contributed by atoms with van der Waals surface area (Å²) in [6.45, 7) is 8.63. The number of rotatable bonds is 5. The van der Waals surface area contributed by atoms with Crippen molar-refractivity contribution in [2.24, 2.45) is 0 Å². The fourth-order valence-corrected chi connectivity index (χ4v) is 4.00. The maximum Gasteiger partial charge on any atom is 0.256 e. The first-order valence-corrected chi connectivity index (χ1v) is 10.8. The van der Waals surface area contributed by atoms with Crippen molar-refractivity contribution in [2.75, 3.05) is 5.32 Å². The van der Waals surface area contributed by atoms with E-state index >= 15 is 0 Å². The van der Waals surface area contributed by atoms with E-state index in [1.807, 2.05) is 60.7 Å². The normalized spacial score (nSPS) is 11.3. The van der Waals surface area contributed by atoms with Crippen molar-refractivity contribution in [3.63, 3.8) is 0 Å². The second-order valence-corrected chi connectivity index (χ2v) is 8.51. The number of pyridine rings is 1. The third-order valence-electron chi connectivity index (χ3n) is 5.64. The Bertz CT molecular complexity index is 1200. The fraction of sp³-hybridized carbons (Fsp3) is 0.214. The molecule has 1 N–H and O–H groups in total. The molecule has 0 aliphatic carbocycles. The summed E-state index contributed by atoms with van der Waals surface area (Å²) in [5, 5.41) is 4.12. The van der Waals surface area contributed by atoms with Crippen LogP contribution in [0.15, 0.2) is 78.9 Å². The summed E-state index contributed by atoms with van der Waals surface area (Å²) < 4.78 is 0. The molecule has 1 heterocycles. The second kappa shape index (κ2) is 8.73. The molecule has 0 saturated carbocycles. The molecule has 0 saturated heterocycles. The Kier molecular flexibility index (Phi) is 5.85. The molecule has 0 aliphatic heterocycles. The van der Waals surface area contributed by atoms with Crippen LogP contribution in [0.4, 0.5) is 5.69 Å². The van der Waals surface area contributed by atoms with E-state index in [9.17, 15) is 4.79 Å². The number of hydrogen-bond donors (Lipinski definition) is 1. The largest absolute Gasteiger partial charge is 0.321 e. The van der Waals surface area contributed by atoms with Gasteiger partial charge >= 0.3 is 0 Å². The lowest BCUT2D eigenvalue weighted by atomic mass is 9.92. The summed E-state index contributed by atoms with van der Waals surface area (Å²) in [4.78, 5) is 18.4. The highest BCUT2D eigenvalue weighted by Gasteiger charge is 2.19. The average molecular weight is 409 g/mol. The number of para-hydroxylation sites is 2. The molecule has 0 fully saturated rings. The van der Waals surface area contributed by atoms with Crippen molar-refractivity contribution in [3.05, 3.63) is 95.6 Å². The van der Waals surface area contributed by atoms with Crippen molar-refractivity contribution in [2.45, 2.75) is 39.5 Å². The molecule has 3 aromatic carbocycles. The minimum absolute atomic E-state index is 0.106. The number of nitrogens with one attached hydrogen (secondary N) is 1. The number of carbonyl (C=O) groups excluding carboxylic acids is 1. The highest BCUT2D eigenvalue weighted by Crippen LogP contribution is 2.33. The molecule has 31 heavy (non-hydrogen) atoms. The number of nitrogens with zero attached hydrogens (tertiary/aromatic N) is 1. The van der Waals surface area contributed by atoms with E-state index in [1.165, 1.54) is 0 Å². The van der Waals surface area contributed by atoms with Gasteiger partial charge in [-0.1, -0.05) is 94.4 Å². The second-order valence-electron chi connectivity index (χ2n) is 8.51. The highest BCUT2D eigenvalue weighted by molar-refractivity contribution is 6.13. The number of hydrogen-bond acceptors (Lipinski definition) is 2. The van der Waals surface area contributed by atoms with E-state index in [0.29, 0.717) is 17.4 Å². The molecular weight excluding hydrogens is 380 g/mol. The Morgan fingerprint density at radius 3 is 2.03 bits per heavy atom. The summed E-state index contributed by atoms with van der Waals surface area (Å²) in [6, 6.07) is 26.0. The number of carbonyl (C=O) groups is 1. The van der Waals surface area contributed by atoms with E-state index in [0.717, 1.165) is 39.0 Å². The van der Waals surface area contributed by atoms with Crippen LogP contribution >= 0.6 is 0 Å². The molecule has 0 radical (unpaired) electrons. The van der Waals surface area contributed by atoms with Crippen LogP contribution in [0.2, 0.25) is 0 Å². The molecule has 0 unspecified atom stereocenters. The quantitative estimate of drug-likeness (QED) is 0.374. The molecule has 4 rings (SSSR count). The van der Waals surface area contributed by atoms with Gasteiger partial charge in [-0.3, -0.25) is 4.79 Å². The first-order chi connectivity index (χ1) is 15.0. The van der Waals surface area contributed by atoms with Gasteiger partial charge in [0.25, 0.3) is 5.91 Å². The van der Waals surface area contributed by atoms with E-state index in [-0.39, 0.29) is 5.91 Å². The van der Waals surface area contributed by atoms with Crippen molar-refractivity contribution < 1.29 is 4.79 Å². The van der Waals surface area contributed by atoms with Crippen molar-refractivity contribution in [1.29, 1.82) is 0 Å². The molecule has 0 bridgehead atoms. The lowest BCUT2D eigenvalue weighted by Gasteiger charge is -2.20. The summed E-state index contributed by atoms with van der Waals surface area (Å²) in [5.41, 5.74) is 6.48. The maximum absolute atomic E-state index is 13.6. The zero-order valence-electron chi connectivity index (χ0n) is 18.5. The van der Waals surface area contributed by atoms with Gasteiger partial charge in [0.2, 0.25) is 0 Å².